The van der Waals surface area contributed by atoms with Gasteiger partial charge in [0.2, 0.25) is 5.91 Å². The minimum Gasteiger partial charge on any atom is -0.392 e. The molecule has 2 fully saturated rings. The predicted molar refractivity (Wildman–Crippen MR) is 81.0 cm³/mol. The molecule has 0 aromatic carbocycles. The molecule has 5 heteroatoms. The Morgan fingerprint density at radius 1 is 1.37 bits per heavy atom. The minimum atomic E-state index is -0.538. The lowest BCUT2D eigenvalue weighted by Crippen LogP contribution is -2.58. The molecule has 4 nitrogen and oxygen atoms in total. The summed E-state index contributed by atoms with van der Waals surface area (Å²) >= 11 is 5.21. The Balaban J connectivity index is 2.09. The molecule has 0 aromatic heterocycles. The second kappa shape index (κ2) is 5.75. The molecule has 1 atom stereocenters. The van der Waals surface area contributed by atoms with Crippen molar-refractivity contribution in [2.75, 3.05) is 26.2 Å². The molecule has 1 aliphatic heterocycles. The molecule has 2 aliphatic rings. The molecule has 0 aromatic rings. The van der Waals surface area contributed by atoms with Crippen molar-refractivity contribution in [3.63, 3.8) is 0 Å². The van der Waals surface area contributed by atoms with Gasteiger partial charge in [-0.3, -0.25) is 9.69 Å². The first-order valence-corrected chi connectivity index (χ1v) is 7.75. The van der Waals surface area contributed by atoms with E-state index in [9.17, 15) is 4.79 Å². The topological polar surface area (TPSA) is 49.6 Å². The fourth-order valence-electron chi connectivity index (χ4n) is 3.50. The normalized spacial score (nSPS) is 27.5. The Hall–Kier alpha value is -0.680. The molecular formula is C14H25N3OS. The molecule has 0 bridgehead atoms. The van der Waals surface area contributed by atoms with Crippen LogP contribution in [0.1, 0.15) is 39.5 Å². The Morgan fingerprint density at radius 2 is 2.00 bits per heavy atom. The van der Waals surface area contributed by atoms with Crippen LogP contribution < -0.4 is 5.73 Å². The van der Waals surface area contributed by atoms with Gasteiger partial charge in [-0.25, -0.2) is 0 Å². The third-order valence-electron chi connectivity index (χ3n) is 4.80. The maximum absolute atomic E-state index is 12.8. The molecule has 1 saturated carbocycles. The van der Waals surface area contributed by atoms with Gasteiger partial charge in [0.05, 0.1) is 10.4 Å². The van der Waals surface area contributed by atoms with Gasteiger partial charge in [-0.2, -0.15) is 0 Å². The largest absolute Gasteiger partial charge is 0.392 e. The standard InChI is InChI=1S/C14H25N3OS/c1-3-16-8-9-17(10-11(16)2)13(18)14(12(15)19)6-4-5-7-14/h11H,3-10H2,1-2H3,(H2,15,19). The van der Waals surface area contributed by atoms with Crippen LogP contribution in [0.2, 0.25) is 0 Å². The van der Waals surface area contributed by atoms with E-state index in [-0.39, 0.29) is 5.91 Å². The van der Waals surface area contributed by atoms with Crippen LogP contribution in [0.5, 0.6) is 0 Å². The number of amides is 1. The van der Waals surface area contributed by atoms with Gasteiger partial charge in [-0.1, -0.05) is 32.0 Å². The van der Waals surface area contributed by atoms with Gasteiger partial charge < -0.3 is 10.6 Å². The van der Waals surface area contributed by atoms with Gasteiger partial charge in [0.15, 0.2) is 0 Å². The van der Waals surface area contributed by atoms with E-state index in [0.717, 1.165) is 51.9 Å². The first kappa shape index (κ1) is 14.7. The van der Waals surface area contributed by atoms with E-state index < -0.39 is 5.41 Å². The lowest BCUT2D eigenvalue weighted by molar-refractivity contribution is -0.141. The zero-order chi connectivity index (χ0) is 14.0. The monoisotopic (exact) mass is 283 g/mol. The van der Waals surface area contributed by atoms with Crippen LogP contribution in [0.4, 0.5) is 0 Å². The van der Waals surface area contributed by atoms with Crippen LogP contribution >= 0.6 is 12.2 Å². The van der Waals surface area contributed by atoms with E-state index >= 15 is 0 Å². The smallest absolute Gasteiger partial charge is 0.235 e. The van der Waals surface area contributed by atoms with Crippen LogP contribution in [0, 0.1) is 5.41 Å². The van der Waals surface area contributed by atoms with E-state index in [0.29, 0.717) is 11.0 Å². The molecule has 0 radical (unpaired) electrons. The summed E-state index contributed by atoms with van der Waals surface area (Å²) in [6.45, 7) is 7.96. The molecule has 1 unspecified atom stereocenters. The van der Waals surface area contributed by atoms with Gasteiger partial charge in [0, 0.05) is 25.7 Å². The summed E-state index contributed by atoms with van der Waals surface area (Å²) in [5, 5.41) is 0. The zero-order valence-corrected chi connectivity index (χ0v) is 12.8. The molecular weight excluding hydrogens is 258 g/mol. The molecule has 2 rings (SSSR count). The Labute approximate surface area is 121 Å². The molecule has 0 spiro atoms. The number of carbonyl (C=O) groups is 1. The van der Waals surface area contributed by atoms with Gasteiger partial charge in [-0.15, -0.1) is 0 Å². The van der Waals surface area contributed by atoms with Crippen LogP contribution in [0.3, 0.4) is 0 Å². The summed E-state index contributed by atoms with van der Waals surface area (Å²) in [6, 6.07) is 0.424. The van der Waals surface area contributed by atoms with Crippen molar-refractivity contribution in [1.29, 1.82) is 0 Å². The summed E-state index contributed by atoms with van der Waals surface area (Å²) in [5.41, 5.74) is 5.36. The average Bonchev–Trinajstić information content (AvgIpc) is 2.88. The van der Waals surface area contributed by atoms with Gasteiger partial charge in [-0.05, 0) is 26.3 Å². The summed E-state index contributed by atoms with van der Waals surface area (Å²) < 4.78 is 0. The second-order valence-electron chi connectivity index (χ2n) is 5.88. The third-order valence-corrected chi connectivity index (χ3v) is 5.19. The SMILES string of the molecule is CCN1CCN(C(=O)C2(C(N)=S)CCCC2)CC1C. The van der Waals surface area contributed by atoms with Gasteiger partial charge in [0.1, 0.15) is 0 Å². The summed E-state index contributed by atoms with van der Waals surface area (Å²) in [5.74, 6) is 0.181. The third kappa shape index (κ3) is 2.63. The van der Waals surface area contributed by atoms with Crippen molar-refractivity contribution in [1.82, 2.24) is 9.80 Å². The number of nitrogens with zero attached hydrogens (tertiary/aromatic N) is 2. The lowest BCUT2D eigenvalue weighted by Gasteiger charge is -2.42. The highest BCUT2D eigenvalue weighted by Crippen LogP contribution is 2.40. The van der Waals surface area contributed by atoms with E-state index in [4.69, 9.17) is 18.0 Å². The number of piperazine rings is 1. The highest BCUT2D eigenvalue weighted by Gasteiger charge is 2.46. The summed E-state index contributed by atoms with van der Waals surface area (Å²) in [4.78, 5) is 17.6. The highest BCUT2D eigenvalue weighted by molar-refractivity contribution is 7.80. The highest BCUT2D eigenvalue weighted by atomic mass is 32.1. The van der Waals surface area contributed by atoms with Crippen molar-refractivity contribution in [3.05, 3.63) is 0 Å². The van der Waals surface area contributed by atoms with E-state index in [1.807, 2.05) is 4.90 Å². The van der Waals surface area contributed by atoms with Crippen LogP contribution in [0.25, 0.3) is 0 Å². The zero-order valence-electron chi connectivity index (χ0n) is 12.0. The fraction of sp³-hybridized carbons (Fsp3) is 0.857. The molecule has 1 aliphatic carbocycles. The number of rotatable bonds is 3. The van der Waals surface area contributed by atoms with E-state index in [2.05, 4.69) is 18.7 Å². The quantitative estimate of drug-likeness (QED) is 0.795. The summed E-state index contributed by atoms with van der Waals surface area (Å²) in [6.07, 6.45) is 3.80. The Bertz CT molecular complexity index is 366. The van der Waals surface area contributed by atoms with Crippen molar-refractivity contribution in [3.8, 4) is 0 Å². The van der Waals surface area contributed by atoms with Crippen LogP contribution in [0.15, 0.2) is 0 Å². The number of hydrogen-bond acceptors (Lipinski definition) is 3. The predicted octanol–water partition coefficient (Wildman–Crippen LogP) is 1.39. The minimum absolute atomic E-state index is 0.181. The first-order valence-electron chi connectivity index (χ1n) is 7.34. The first-order chi connectivity index (χ1) is 9.01. The van der Waals surface area contributed by atoms with Crippen molar-refractivity contribution in [2.24, 2.45) is 11.1 Å². The number of likely N-dealkylation sites (N-methyl/N-ethyl adjacent to an activating group) is 1. The number of carbonyl (C=O) groups excluding carboxylic acids is 1. The van der Waals surface area contributed by atoms with Gasteiger partial charge in [0.25, 0.3) is 0 Å². The van der Waals surface area contributed by atoms with E-state index in [1.54, 1.807) is 0 Å². The van der Waals surface area contributed by atoms with E-state index in [1.165, 1.54) is 0 Å². The van der Waals surface area contributed by atoms with Gasteiger partial charge >= 0.3 is 0 Å². The van der Waals surface area contributed by atoms with Crippen molar-refractivity contribution in [2.45, 2.75) is 45.6 Å². The number of hydrogen-bond donors (Lipinski definition) is 1. The molecule has 1 saturated heterocycles. The fourth-order valence-corrected chi connectivity index (χ4v) is 3.79. The maximum atomic E-state index is 12.8. The molecule has 108 valence electrons. The summed E-state index contributed by atoms with van der Waals surface area (Å²) in [7, 11) is 0. The number of thiocarbonyl (C=S) groups is 1. The van der Waals surface area contributed by atoms with Crippen LogP contribution in [-0.2, 0) is 4.79 Å². The average molecular weight is 283 g/mol. The molecule has 1 heterocycles. The number of nitrogens with two attached hydrogens (primary N) is 1. The Kier molecular flexibility index (Phi) is 4.46. The van der Waals surface area contributed by atoms with Crippen LogP contribution in [-0.4, -0.2) is 52.9 Å². The second-order valence-corrected chi connectivity index (χ2v) is 6.32. The molecule has 19 heavy (non-hydrogen) atoms. The molecule has 1 amide bonds. The Morgan fingerprint density at radius 3 is 2.47 bits per heavy atom. The lowest BCUT2D eigenvalue weighted by atomic mass is 9.84. The van der Waals surface area contributed by atoms with Crippen molar-refractivity contribution >= 4 is 23.1 Å². The maximum Gasteiger partial charge on any atom is 0.235 e. The molecule has 2 N–H and O–H groups in total. The van der Waals surface area contributed by atoms with Crippen molar-refractivity contribution < 1.29 is 4.79 Å².